The van der Waals surface area contributed by atoms with Crippen LogP contribution in [0.25, 0.3) is 10.8 Å². The maximum absolute atomic E-state index is 13.0. The maximum Gasteiger partial charge on any atom is 0.242 e. The summed E-state index contributed by atoms with van der Waals surface area (Å²) in [7, 11) is 0.00140. The van der Waals surface area contributed by atoms with Crippen LogP contribution in [0.15, 0.2) is 47.4 Å². The molecule has 0 radical (unpaired) electrons. The highest BCUT2D eigenvalue weighted by Gasteiger charge is 2.21. The van der Waals surface area contributed by atoms with Crippen LogP contribution < -0.4 is 16.0 Å². The molecule has 3 amide bonds. The molecule has 0 aromatic heterocycles. The highest BCUT2D eigenvalue weighted by Crippen LogP contribution is 2.18. The highest BCUT2D eigenvalue weighted by molar-refractivity contribution is 7.85. The van der Waals surface area contributed by atoms with Crippen molar-refractivity contribution in [3.63, 3.8) is 0 Å². The van der Waals surface area contributed by atoms with Gasteiger partial charge in [-0.15, -0.1) is 0 Å². The number of nitrogens with one attached hydrogen (secondary N) is 3. The average Bonchev–Trinajstić information content (AvgIpc) is 3.19. The van der Waals surface area contributed by atoms with Crippen LogP contribution in [0.2, 0.25) is 0 Å². The lowest BCUT2D eigenvalue weighted by molar-refractivity contribution is -0.890. The van der Waals surface area contributed by atoms with E-state index in [-0.39, 0.29) is 35.6 Å². The Morgan fingerprint density at radius 3 is 1.72 bits per heavy atom. The van der Waals surface area contributed by atoms with Gasteiger partial charge in [-0.05, 0) is 61.4 Å². The molecule has 0 heterocycles. The van der Waals surface area contributed by atoms with E-state index < -0.39 is 16.2 Å². The van der Waals surface area contributed by atoms with Gasteiger partial charge in [0.15, 0.2) is 0 Å². The summed E-state index contributed by atoms with van der Waals surface area (Å²) in [5.74, 6) is -0.315. The lowest BCUT2D eigenvalue weighted by Crippen LogP contribution is -2.47. The van der Waals surface area contributed by atoms with Gasteiger partial charge in [0, 0.05) is 25.9 Å². The minimum atomic E-state index is -4.34. The molecule has 4 N–H and O–H groups in total. The number of quaternary nitrogens is 1. The fourth-order valence-corrected chi connectivity index (χ4v) is 7.37. The van der Waals surface area contributed by atoms with Crippen LogP contribution in [0.4, 0.5) is 0 Å². The third kappa shape index (κ3) is 27.6. The molecule has 332 valence electrons. The van der Waals surface area contributed by atoms with Crippen LogP contribution >= 0.6 is 0 Å². The zero-order chi connectivity index (χ0) is 42.9. The van der Waals surface area contributed by atoms with Crippen molar-refractivity contribution in [2.24, 2.45) is 0 Å². The number of unbranched alkanes of at least 4 members (excludes halogenated alkanes) is 17. The monoisotopic (exact) mass is 833 g/mol. The van der Waals surface area contributed by atoms with Crippen LogP contribution in [0.5, 0.6) is 0 Å². The topological polar surface area (TPSA) is 165 Å². The van der Waals surface area contributed by atoms with Crippen molar-refractivity contribution in [1.82, 2.24) is 16.0 Å². The normalized spacial score (nSPS) is 12.1. The number of carbonyl (C=O) groups excluding carboxylic acids is 3. The number of hydrogen-bond donors (Lipinski definition) is 4. The predicted molar refractivity (Wildman–Crippen MR) is 236 cm³/mol. The number of hydrogen-bond acceptors (Lipinski definition) is 7. The molecule has 1 unspecified atom stereocenters. The van der Waals surface area contributed by atoms with Gasteiger partial charge < -0.3 is 30.1 Å². The van der Waals surface area contributed by atoms with Gasteiger partial charge in [0.25, 0.3) is 0 Å². The Balaban J connectivity index is 0.000000990. The van der Waals surface area contributed by atoms with Gasteiger partial charge >= 0.3 is 0 Å². The molecule has 11 nitrogen and oxygen atoms in total. The summed E-state index contributed by atoms with van der Waals surface area (Å²) in [6, 6.07) is 10.9. The average molecular weight is 833 g/mol. The summed E-state index contributed by atoms with van der Waals surface area (Å²) in [6.07, 6.45) is 24.0. The number of likely N-dealkylation sites (N-methyl/N-ethyl adjacent to an activating group) is 1. The van der Waals surface area contributed by atoms with Crippen molar-refractivity contribution < 1.29 is 36.9 Å². The second-order valence-electron chi connectivity index (χ2n) is 16.5. The van der Waals surface area contributed by atoms with Gasteiger partial charge in [0.05, 0.1) is 32.1 Å². The number of rotatable bonds is 33. The highest BCUT2D eigenvalue weighted by atomic mass is 32.2. The fraction of sp³-hybridized carbons (Fsp3) is 0.717. The molecule has 2 rings (SSSR count). The summed E-state index contributed by atoms with van der Waals surface area (Å²) in [5, 5.41) is 19.7. The number of benzene rings is 2. The van der Waals surface area contributed by atoms with Crippen LogP contribution in [0.3, 0.4) is 0 Å². The van der Waals surface area contributed by atoms with E-state index >= 15 is 0 Å². The molecule has 0 spiro atoms. The Morgan fingerprint density at radius 1 is 0.638 bits per heavy atom. The Kier molecular flexibility index (Phi) is 29.9. The fourth-order valence-electron chi connectivity index (χ4n) is 6.86. The first kappa shape index (κ1) is 53.0. The van der Waals surface area contributed by atoms with Gasteiger partial charge in [-0.3, -0.25) is 14.4 Å². The van der Waals surface area contributed by atoms with Crippen LogP contribution in [0.1, 0.15) is 162 Å². The van der Waals surface area contributed by atoms with E-state index in [1.807, 2.05) is 12.1 Å². The zero-order valence-electron chi connectivity index (χ0n) is 36.7. The number of fused-ring (bicyclic) bond motifs is 1. The minimum Gasteiger partial charge on any atom is -0.744 e. The number of aliphatic hydroxyl groups excluding tert-OH is 1. The van der Waals surface area contributed by atoms with Gasteiger partial charge in [0.2, 0.25) is 17.7 Å². The SMILES string of the molecule is CCCCCCCCNC(=O)CCC(NC(=O)CCCCCCCCCC[N+](C)(C)CCO)C(=O)NCCCCCCCC.O=S(=O)([O-])c1ccc2ccccc2c1. The molecular weight excluding hydrogens is 753 g/mol. The molecule has 0 saturated heterocycles. The molecule has 2 aromatic rings. The summed E-state index contributed by atoms with van der Waals surface area (Å²) < 4.78 is 33.0. The molecule has 0 aliphatic rings. The summed E-state index contributed by atoms with van der Waals surface area (Å²) in [4.78, 5) is 37.9. The van der Waals surface area contributed by atoms with E-state index in [4.69, 9.17) is 5.11 Å². The Hall–Kier alpha value is -3.06. The second-order valence-corrected chi connectivity index (χ2v) is 17.9. The first-order valence-electron chi connectivity index (χ1n) is 22.5. The van der Waals surface area contributed by atoms with E-state index in [1.165, 1.54) is 95.6 Å². The summed E-state index contributed by atoms with van der Waals surface area (Å²) in [5.41, 5.74) is 0. The minimum absolute atomic E-state index is 0.0468. The van der Waals surface area contributed by atoms with Crippen molar-refractivity contribution >= 4 is 38.6 Å². The van der Waals surface area contributed by atoms with E-state index in [9.17, 15) is 27.4 Å². The second kappa shape index (κ2) is 32.8. The Morgan fingerprint density at radius 2 is 1.16 bits per heavy atom. The molecule has 1 atom stereocenters. The standard InChI is InChI=1S/C36H72N4O4.C10H8O3S/c1-5-7-9-11-18-22-28-37-34(42)27-26-33(36(44)38-29-23-19-12-10-8-6-2)39-35(43)25-21-17-15-13-14-16-20-24-30-40(3,4)31-32-41;11-14(12,13)10-6-5-8-3-1-2-4-9(8)7-10/h33,41H,5-32H2,1-4H3,(H2-,37,38,39,42,43,44);1-7H,(H,11,12,13). The molecule has 58 heavy (non-hydrogen) atoms. The van der Waals surface area contributed by atoms with Crippen molar-refractivity contribution in [3.8, 4) is 0 Å². The van der Waals surface area contributed by atoms with Crippen molar-refractivity contribution in [2.75, 3.05) is 46.9 Å². The first-order valence-corrected chi connectivity index (χ1v) is 23.9. The van der Waals surface area contributed by atoms with E-state index in [0.29, 0.717) is 25.9 Å². The number of aliphatic hydroxyl groups is 1. The van der Waals surface area contributed by atoms with E-state index in [1.54, 1.807) is 18.2 Å². The van der Waals surface area contributed by atoms with Gasteiger partial charge in [0.1, 0.15) is 22.7 Å². The van der Waals surface area contributed by atoms with Gasteiger partial charge in [-0.1, -0.05) is 140 Å². The molecule has 0 bridgehead atoms. The summed E-state index contributed by atoms with van der Waals surface area (Å²) >= 11 is 0. The molecule has 0 saturated carbocycles. The third-order valence-corrected chi connectivity index (χ3v) is 11.5. The molecule has 2 aromatic carbocycles. The lowest BCUT2D eigenvalue weighted by atomic mass is 10.1. The quantitative estimate of drug-likeness (QED) is 0.0318. The van der Waals surface area contributed by atoms with Gasteiger partial charge in [-0.25, -0.2) is 8.42 Å². The van der Waals surface area contributed by atoms with Crippen molar-refractivity contribution in [3.05, 3.63) is 42.5 Å². The van der Waals surface area contributed by atoms with Crippen molar-refractivity contribution in [2.45, 2.75) is 172 Å². The van der Waals surface area contributed by atoms with Crippen LogP contribution in [-0.2, 0) is 24.5 Å². The molecule has 0 aliphatic carbocycles. The summed E-state index contributed by atoms with van der Waals surface area (Å²) in [6.45, 7) is 7.87. The number of carbonyl (C=O) groups is 3. The van der Waals surface area contributed by atoms with Crippen molar-refractivity contribution in [1.29, 1.82) is 0 Å². The van der Waals surface area contributed by atoms with E-state index in [0.717, 1.165) is 73.3 Å². The molecular formula is C46H80N4O7S. The van der Waals surface area contributed by atoms with Gasteiger partial charge in [-0.2, -0.15) is 0 Å². The molecule has 0 aliphatic heterocycles. The number of nitrogens with zero attached hydrogens (tertiary/aromatic N) is 1. The van der Waals surface area contributed by atoms with Crippen LogP contribution in [-0.4, -0.2) is 93.2 Å². The number of amides is 3. The largest absolute Gasteiger partial charge is 0.744 e. The smallest absolute Gasteiger partial charge is 0.242 e. The third-order valence-electron chi connectivity index (χ3n) is 10.6. The zero-order valence-corrected chi connectivity index (χ0v) is 37.5. The molecule has 0 fully saturated rings. The lowest BCUT2D eigenvalue weighted by Gasteiger charge is -2.28. The maximum atomic E-state index is 13.0. The predicted octanol–water partition coefficient (Wildman–Crippen LogP) is 8.53. The Labute approximate surface area is 352 Å². The van der Waals surface area contributed by atoms with E-state index in [2.05, 4.69) is 43.9 Å². The first-order chi connectivity index (χ1) is 27.8. The molecule has 12 heteroatoms. The Bertz CT molecular complexity index is 1500. The van der Waals surface area contributed by atoms with Crippen LogP contribution in [0, 0.1) is 0 Å².